The van der Waals surface area contributed by atoms with E-state index in [0.29, 0.717) is 4.83 Å². The Morgan fingerprint density at radius 3 is 1.70 bits per heavy atom. The highest BCUT2D eigenvalue weighted by Crippen LogP contribution is 2.16. The van der Waals surface area contributed by atoms with Gasteiger partial charge < -0.3 is 10.0 Å². The predicted octanol–water partition coefficient (Wildman–Crippen LogP) is 4.98. The molecule has 0 aromatic rings. The van der Waals surface area contributed by atoms with Gasteiger partial charge in [0.15, 0.2) is 0 Å². The van der Waals surface area contributed by atoms with Crippen molar-refractivity contribution in [1.29, 1.82) is 0 Å². The SMILES string of the molecule is CC(O)CCCCCCCCCCC(Br)CCN(C)C. The number of hydrogen-bond donors (Lipinski definition) is 1. The molecule has 0 heterocycles. The zero-order chi connectivity index (χ0) is 15.2. The Labute approximate surface area is 135 Å². The molecule has 2 nitrogen and oxygen atoms in total. The van der Waals surface area contributed by atoms with Gasteiger partial charge in [0.1, 0.15) is 0 Å². The second kappa shape index (κ2) is 14.3. The first-order valence-corrected chi connectivity index (χ1v) is 9.40. The lowest BCUT2D eigenvalue weighted by atomic mass is 10.0. The Bertz CT molecular complexity index is 197. The zero-order valence-corrected chi connectivity index (χ0v) is 15.5. The minimum atomic E-state index is -0.111. The molecule has 0 amide bonds. The van der Waals surface area contributed by atoms with Gasteiger partial charge in [0.25, 0.3) is 0 Å². The average molecular weight is 350 g/mol. The van der Waals surface area contributed by atoms with Gasteiger partial charge >= 0.3 is 0 Å². The van der Waals surface area contributed by atoms with Crippen molar-refractivity contribution in [2.45, 2.75) is 88.5 Å². The van der Waals surface area contributed by atoms with Crippen molar-refractivity contribution < 1.29 is 5.11 Å². The normalized spacial score (nSPS) is 14.7. The highest BCUT2D eigenvalue weighted by Gasteiger charge is 2.04. The molecule has 0 aromatic heterocycles. The van der Waals surface area contributed by atoms with E-state index in [9.17, 15) is 0 Å². The Hall–Kier alpha value is 0.400. The van der Waals surface area contributed by atoms with Gasteiger partial charge in [0, 0.05) is 4.83 Å². The Morgan fingerprint density at radius 2 is 1.25 bits per heavy atom. The van der Waals surface area contributed by atoms with Gasteiger partial charge in [-0.05, 0) is 46.8 Å². The first-order valence-electron chi connectivity index (χ1n) is 8.49. The summed E-state index contributed by atoms with van der Waals surface area (Å²) in [5.74, 6) is 0. The van der Waals surface area contributed by atoms with Crippen LogP contribution in [0.25, 0.3) is 0 Å². The molecule has 0 aliphatic rings. The van der Waals surface area contributed by atoms with Crippen LogP contribution in [0, 0.1) is 0 Å². The van der Waals surface area contributed by atoms with E-state index >= 15 is 0 Å². The van der Waals surface area contributed by atoms with Crippen LogP contribution in [0.4, 0.5) is 0 Å². The van der Waals surface area contributed by atoms with Gasteiger partial charge in [-0.2, -0.15) is 0 Å². The summed E-state index contributed by atoms with van der Waals surface area (Å²) in [7, 11) is 4.28. The fourth-order valence-electron chi connectivity index (χ4n) is 2.41. The average Bonchev–Trinajstić information content (AvgIpc) is 2.38. The van der Waals surface area contributed by atoms with Crippen LogP contribution < -0.4 is 0 Å². The van der Waals surface area contributed by atoms with Crippen LogP contribution in [0.15, 0.2) is 0 Å². The van der Waals surface area contributed by atoms with Crippen molar-refractivity contribution in [2.75, 3.05) is 20.6 Å². The van der Waals surface area contributed by atoms with Crippen molar-refractivity contribution in [3.05, 3.63) is 0 Å². The first-order chi connectivity index (χ1) is 9.52. The summed E-state index contributed by atoms with van der Waals surface area (Å²) >= 11 is 3.78. The summed E-state index contributed by atoms with van der Waals surface area (Å²) in [6.45, 7) is 3.07. The summed E-state index contributed by atoms with van der Waals surface area (Å²) < 4.78 is 0. The van der Waals surface area contributed by atoms with E-state index in [4.69, 9.17) is 5.11 Å². The molecule has 0 fully saturated rings. The first kappa shape index (κ1) is 20.4. The highest BCUT2D eigenvalue weighted by molar-refractivity contribution is 9.09. The fourth-order valence-corrected chi connectivity index (χ4v) is 2.94. The molecule has 0 rings (SSSR count). The second-order valence-electron chi connectivity index (χ2n) is 6.44. The van der Waals surface area contributed by atoms with Gasteiger partial charge in [0.05, 0.1) is 6.10 Å². The van der Waals surface area contributed by atoms with Gasteiger partial charge in [-0.15, -0.1) is 0 Å². The van der Waals surface area contributed by atoms with Crippen LogP contribution in [-0.2, 0) is 0 Å². The molecule has 1 N–H and O–H groups in total. The van der Waals surface area contributed by atoms with E-state index in [1.165, 1.54) is 70.8 Å². The minimum absolute atomic E-state index is 0.111. The van der Waals surface area contributed by atoms with E-state index in [-0.39, 0.29) is 6.10 Å². The molecule has 0 saturated heterocycles. The van der Waals surface area contributed by atoms with E-state index in [1.54, 1.807) is 0 Å². The van der Waals surface area contributed by atoms with Gasteiger partial charge in [0.2, 0.25) is 0 Å². The van der Waals surface area contributed by atoms with Gasteiger partial charge in [-0.3, -0.25) is 0 Å². The van der Waals surface area contributed by atoms with Crippen molar-refractivity contribution in [3.63, 3.8) is 0 Å². The van der Waals surface area contributed by atoms with Crippen molar-refractivity contribution in [1.82, 2.24) is 4.90 Å². The summed E-state index contributed by atoms with van der Waals surface area (Å²) in [5.41, 5.74) is 0. The molecule has 0 saturated carbocycles. The lowest BCUT2D eigenvalue weighted by molar-refractivity contribution is 0.180. The maximum Gasteiger partial charge on any atom is 0.0512 e. The Balaban J connectivity index is 3.12. The molecule has 2 atom stereocenters. The number of aliphatic hydroxyl groups excluding tert-OH is 1. The number of alkyl halides is 1. The van der Waals surface area contributed by atoms with Crippen molar-refractivity contribution >= 4 is 15.9 Å². The molecule has 0 bridgehead atoms. The third-order valence-corrected chi connectivity index (χ3v) is 4.69. The third-order valence-electron chi connectivity index (χ3n) is 3.78. The lowest BCUT2D eigenvalue weighted by Crippen LogP contribution is -2.16. The maximum absolute atomic E-state index is 9.16. The number of nitrogens with zero attached hydrogens (tertiary/aromatic N) is 1. The monoisotopic (exact) mass is 349 g/mol. The molecule has 122 valence electrons. The van der Waals surface area contributed by atoms with Crippen LogP contribution in [0.1, 0.15) is 77.6 Å². The topological polar surface area (TPSA) is 23.5 Å². The van der Waals surface area contributed by atoms with E-state index < -0.39 is 0 Å². The second-order valence-corrected chi connectivity index (χ2v) is 7.74. The predicted molar refractivity (Wildman–Crippen MR) is 93.7 cm³/mol. The number of aliphatic hydroxyl groups is 1. The van der Waals surface area contributed by atoms with E-state index in [0.717, 1.165) is 6.42 Å². The quantitative estimate of drug-likeness (QED) is 0.353. The lowest BCUT2D eigenvalue weighted by Gasteiger charge is -2.13. The molecule has 0 radical (unpaired) electrons. The van der Waals surface area contributed by atoms with E-state index in [1.807, 2.05) is 6.92 Å². The van der Waals surface area contributed by atoms with Gasteiger partial charge in [-0.25, -0.2) is 0 Å². The molecular formula is C17H36BrNO. The van der Waals surface area contributed by atoms with E-state index in [2.05, 4.69) is 34.9 Å². The molecule has 0 aromatic carbocycles. The van der Waals surface area contributed by atoms with Crippen LogP contribution >= 0.6 is 15.9 Å². The zero-order valence-electron chi connectivity index (χ0n) is 13.9. The molecule has 0 aliphatic heterocycles. The molecular weight excluding hydrogens is 314 g/mol. The highest BCUT2D eigenvalue weighted by atomic mass is 79.9. The standard InChI is InChI=1S/C17H36BrNO/c1-16(20)12-10-8-6-4-5-7-9-11-13-17(18)14-15-19(2)3/h16-17,20H,4-15H2,1-3H3. The van der Waals surface area contributed by atoms with Crippen LogP contribution in [-0.4, -0.2) is 41.6 Å². The Kier molecular flexibility index (Phi) is 14.6. The maximum atomic E-state index is 9.16. The molecule has 0 spiro atoms. The third kappa shape index (κ3) is 16.5. The van der Waals surface area contributed by atoms with Crippen molar-refractivity contribution in [3.8, 4) is 0 Å². The number of unbranched alkanes of at least 4 members (excludes halogenated alkanes) is 7. The van der Waals surface area contributed by atoms with Crippen LogP contribution in [0.3, 0.4) is 0 Å². The smallest absolute Gasteiger partial charge is 0.0512 e. The summed E-state index contributed by atoms with van der Waals surface area (Å²) in [4.78, 5) is 2.96. The van der Waals surface area contributed by atoms with Gasteiger partial charge in [-0.1, -0.05) is 67.3 Å². The number of halogens is 1. The minimum Gasteiger partial charge on any atom is -0.393 e. The molecule has 20 heavy (non-hydrogen) atoms. The summed E-state index contributed by atoms with van der Waals surface area (Å²) in [6, 6.07) is 0. The number of rotatable bonds is 14. The number of hydrogen-bond acceptors (Lipinski definition) is 2. The largest absolute Gasteiger partial charge is 0.393 e. The fraction of sp³-hybridized carbons (Fsp3) is 1.00. The van der Waals surface area contributed by atoms with Crippen LogP contribution in [0.5, 0.6) is 0 Å². The Morgan fingerprint density at radius 1 is 0.800 bits per heavy atom. The molecule has 0 aliphatic carbocycles. The van der Waals surface area contributed by atoms with Crippen LogP contribution in [0.2, 0.25) is 0 Å². The van der Waals surface area contributed by atoms with Crippen molar-refractivity contribution in [2.24, 2.45) is 0 Å². The summed E-state index contributed by atoms with van der Waals surface area (Å²) in [6.07, 6.45) is 14.2. The molecule has 3 heteroatoms. The summed E-state index contributed by atoms with van der Waals surface area (Å²) in [5, 5.41) is 9.16. The molecule has 2 unspecified atom stereocenters.